The summed E-state index contributed by atoms with van der Waals surface area (Å²) in [6.45, 7) is 5.47. The molecule has 1 heterocycles. The Balaban J connectivity index is 1.33. The maximum absolute atomic E-state index is 12.6. The van der Waals surface area contributed by atoms with E-state index in [2.05, 4.69) is 20.4 Å². The van der Waals surface area contributed by atoms with Crippen LogP contribution < -0.4 is 15.5 Å². The van der Waals surface area contributed by atoms with Crippen molar-refractivity contribution in [2.45, 2.75) is 13.5 Å². The van der Waals surface area contributed by atoms with E-state index in [1.54, 1.807) is 24.3 Å². The fourth-order valence-corrected chi connectivity index (χ4v) is 4.13. The van der Waals surface area contributed by atoms with Gasteiger partial charge in [0.15, 0.2) is 0 Å². The Morgan fingerprint density at radius 1 is 0.889 bits per heavy atom. The zero-order valence-corrected chi connectivity index (χ0v) is 20.2. The van der Waals surface area contributed by atoms with Gasteiger partial charge in [-0.2, -0.15) is 0 Å². The first-order chi connectivity index (χ1) is 17.4. The second-order valence-corrected chi connectivity index (χ2v) is 8.88. The van der Waals surface area contributed by atoms with Gasteiger partial charge in [-0.15, -0.1) is 0 Å². The molecule has 0 aromatic heterocycles. The second kappa shape index (κ2) is 11.5. The Kier molecular flexibility index (Phi) is 7.97. The molecule has 0 radical (unpaired) electrons. The van der Waals surface area contributed by atoms with Crippen LogP contribution in [-0.4, -0.2) is 60.5 Å². The summed E-state index contributed by atoms with van der Waals surface area (Å²) in [5.74, 6) is -1.48. The summed E-state index contributed by atoms with van der Waals surface area (Å²) >= 11 is 0. The highest BCUT2D eigenvalue weighted by atomic mass is 16.4. The standard InChI is InChI=1S/C28H30N4O4/c1-20-7-9-22(10-8-20)27(34)30-25-12-11-23(17-24(25)28(35)36)32-15-13-31(14-16-32)19-26(33)29-18-21-5-3-2-4-6-21/h2-12,17H,13-16,18-19H2,1H3,(H,29,33)(H,30,34)(H,35,36). The third-order valence-corrected chi connectivity index (χ3v) is 6.23. The highest BCUT2D eigenvalue weighted by molar-refractivity contribution is 6.08. The van der Waals surface area contributed by atoms with Gasteiger partial charge in [0.05, 0.1) is 17.8 Å². The fraction of sp³-hybridized carbons (Fsp3) is 0.250. The SMILES string of the molecule is Cc1ccc(C(=O)Nc2ccc(N3CCN(CC(=O)NCc4ccccc4)CC3)cc2C(=O)O)cc1. The van der Waals surface area contributed by atoms with Crippen LogP contribution in [0.2, 0.25) is 0 Å². The van der Waals surface area contributed by atoms with Crippen molar-refractivity contribution in [2.75, 3.05) is 42.9 Å². The number of aromatic carboxylic acids is 1. The van der Waals surface area contributed by atoms with Gasteiger partial charge in [-0.3, -0.25) is 14.5 Å². The second-order valence-electron chi connectivity index (χ2n) is 8.88. The van der Waals surface area contributed by atoms with E-state index < -0.39 is 5.97 Å². The molecular weight excluding hydrogens is 456 g/mol. The van der Waals surface area contributed by atoms with Gasteiger partial charge in [0.2, 0.25) is 5.91 Å². The number of benzene rings is 3. The summed E-state index contributed by atoms with van der Waals surface area (Å²) in [5, 5.41) is 15.4. The summed E-state index contributed by atoms with van der Waals surface area (Å²) in [6, 6.07) is 21.9. The number of amides is 2. The van der Waals surface area contributed by atoms with Crippen molar-refractivity contribution in [1.82, 2.24) is 10.2 Å². The molecule has 0 atom stereocenters. The molecule has 1 aliphatic rings. The minimum absolute atomic E-state index is 0.0193. The van der Waals surface area contributed by atoms with Crippen molar-refractivity contribution in [3.63, 3.8) is 0 Å². The molecular formula is C28H30N4O4. The molecule has 36 heavy (non-hydrogen) atoms. The van der Waals surface area contributed by atoms with Gasteiger partial charge < -0.3 is 20.6 Å². The van der Waals surface area contributed by atoms with Crippen molar-refractivity contribution in [2.24, 2.45) is 0 Å². The average molecular weight is 487 g/mol. The van der Waals surface area contributed by atoms with Crippen molar-refractivity contribution in [1.29, 1.82) is 0 Å². The van der Waals surface area contributed by atoms with E-state index in [1.807, 2.05) is 55.5 Å². The number of nitrogens with zero attached hydrogens (tertiary/aromatic N) is 2. The predicted molar refractivity (Wildman–Crippen MR) is 139 cm³/mol. The molecule has 0 unspecified atom stereocenters. The largest absolute Gasteiger partial charge is 0.478 e. The lowest BCUT2D eigenvalue weighted by Crippen LogP contribution is -2.49. The van der Waals surface area contributed by atoms with E-state index in [1.165, 1.54) is 0 Å². The maximum atomic E-state index is 12.6. The molecule has 1 saturated heterocycles. The fourth-order valence-electron chi connectivity index (χ4n) is 4.13. The summed E-state index contributed by atoms with van der Waals surface area (Å²) in [4.78, 5) is 41.0. The minimum Gasteiger partial charge on any atom is -0.478 e. The predicted octanol–water partition coefficient (Wildman–Crippen LogP) is 3.38. The third kappa shape index (κ3) is 6.49. The molecule has 1 fully saturated rings. The van der Waals surface area contributed by atoms with Gasteiger partial charge in [0, 0.05) is 44.0 Å². The van der Waals surface area contributed by atoms with E-state index in [4.69, 9.17) is 0 Å². The molecule has 0 bridgehead atoms. The van der Waals surface area contributed by atoms with E-state index in [9.17, 15) is 19.5 Å². The molecule has 2 amide bonds. The molecule has 8 heteroatoms. The first-order valence-electron chi connectivity index (χ1n) is 11.9. The molecule has 186 valence electrons. The lowest BCUT2D eigenvalue weighted by molar-refractivity contribution is -0.122. The molecule has 4 rings (SSSR count). The number of nitrogens with one attached hydrogen (secondary N) is 2. The summed E-state index contributed by atoms with van der Waals surface area (Å²) in [6.07, 6.45) is 0. The zero-order valence-electron chi connectivity index (χ0n) is 20.2. The number of anilines is 2. The Morgan fingerprint density at radius 3 is 2.25 bits per heavy atom. The van der Waals surface area contributed by atoms with E-state index >= 15 is 0 Å². The van der Waals surface area contributed by atoms with Crippen molar-refractivity contribution in [3.8, 4) is 0 Å². The third-order valence-electron chi connectivity index (χ3n) is 6.23. The van der Waals surface area contributed by atoms with Crippen LogP contribution in [0.25, 0.3) is 0 Å². The van der Waals surface area contributed by atoms with Crippen molar-refractivity contribution in [3.05, 3.63) is 95.1 Å². The first-order valence-corrected chi connectivity index (χ1v) is 11.9. The van der Waals surface area contributed by atoms with Crippen LogP contribution in [0.4, 0.5) is 11.4 Å². The Hall–Kier alpha value is -4.17. The Labute approximate surface area is 210 Å². The van der Waals surface area contributed by atoms with Crippen LogP contribution in [0.1, 0.15) is 31.8 Å². The van der Waals surface area contributed by atoms with Crippen LogP contribution in [-0.2, 0) is 11.3 Å². The average Bonchev–Trinajstić information content (AvgIpc) is 2.89. The smallest absolute Gasteiger partial charge is 0.337 e. The molecule has 1 aliphatic heterocycles. The van der Waals surface area contributed by atoms with Crippen molar-refractivity contribution >= 4 is 29.2 Å². The molecule has 0 aliphatic carbocycles. The number of carbonyl (C=O) groups is 3. The van der Waals surface area contributed by atoms with Crippen LogP contribution >= 0.6 is 0 Å². The number of piperazine rings is 1. The lowest BCUT2D eigenvalue weighted by Gasteiger charge is -2.36. The highest BCUT2D eigenvalue weighted by Gasteiger charge is 2.21. The van der Waals surface area contributed by atoms with Gasteiger partial charge in [-0.05, 0) is 42.8 Å². The molecule has 0 spiro atoms. The molecule has 3 N–H and O–H groups in total. The quantitative estimate of drug-likeness (QED) is 0.451. The monoisotopic (exact) mass is 486 g/mol. The summed E-state index contributed by atoms with van der Waals surface area (Å²) in [7, 11) is 0. The molecule has 8 nitrogen and oxygen atoms in total. The number of hydrogen-bond donors (Lipinski definition) is 3. The van der Waals surface area contributed by atoms with Crippen LogP contribution in [0.15, 0.2) is 72.8 Å². The number of carboxylic acid groups (broad SMARTS) is 1. The van der Waals surface area contributed by atoms with Gasteiger partial charge in [0.25, 0.3) is 5.91 Å². The lowest BCUT2D eigenvalue weighted by atomic mass is 10.1. The van der Waals surface area contributed by atoms with Gasteiger partial charge in [0.1, 0.15) is 0 Å². The number of carboxylic acids is 1. The molecule has 0 saturated carbocycles. The van der Waals surface area contributed by atoms with Gasteiger partial charge in [-0.25, -0.2) is 4.79 Å². The number of rotatable bonds is 8. The number of hydrogen-bond acceptors (Lipinski definition) is 5. The molecule has 3 aromatic rings. The number of aryl methyl sites for hydroxylation is 1. The van der Waals surface area contributed by atoms with Crippen LogP contribution in [0.3, 0.4) is 0 Å². The van der Waals surface area contributed by atoms with Gasteiger partial charge >= 0.3 is 5.97 Å². The van der Waals surface area contributed by atoms with Crippen molar-refractivity contribution < 1.29 is 19.5 Å². The van der Waals surface area contributed by atoms with E-state index in [0.717, 1.165) is 16.8 Å². The topological polar surface area (TPSA) is 102 Å². The molecule has 3 aromatic carbocycles. The first kappa shape index (κ1) is 24.9. The van der Waals surface area contributed by atoms with Crippen LogP contribution in [0, 0.1) is 6.92 Å². The minimum atomic E-state index is -1.11. The zero-order chi connectivity index (χ0) is 25.5. The van der Waals surface area contributed by atoms with Gasteiger partial charge in [-0.1, -0.05) is 48.0 Å². The Morgan fingerprint density at radius 2 is 1.58 bits per heavy atom. The maximum Gasteiger partial charge on any atom is 0.337 e. The summed E-state index contributed by atoms with van der Waals surface area (Å²) in [5.41, 5.74) is 3.62. The van der Waals surface area contributed by atoms with E-state index in [-0.39, 0.29) is 23.1 Å². The highest BCUT2D eigenvalue weighted by Crippen LogP contribution is 2.25. The number of carbonyl (C=O) groups excluding carboxylic acids is 2. The van der Waals surface area contributed by atoms with Crippen LogP contribution in [0.5, 0.6) is 0 Å². The van der Waals surface area contributed by atoms with E-state index in [0.29, 0.717) is 44.8 Å². The summed E-state index contributed by atoms with van der Waals surface area (Å²) < 4.78 is 0. The Bertz CT molecular complexity index is 1220. The normalized spacial score (nSPS) is 13.8.